The molecule has 1 N–H and O–H groups in total. The highest BCUT2D eigenvalue weighted by Crippen LogP contribution is 2.47. The lowest BCUT2D eigenvalue weighted by molar-refractivity contribution is -0.118. The Kier molecular flexibility index (Phi) is 6.02. The quantitative estimate of drug-likeness (QED) is 0.513. The zero-order valence-electron chi connectivity index (χ0n) is 22.0. The summed E-state index contributed by atoms with van der Waals surface area (Å²) in [6.07, 6.45) is 8.83. The molecule has 1 saturated heterocycles. The Balaban J connectivity index is 1.08. The highest BCUT2D eigenvalue weighted by Gasteiger charge is 2.52. The van der Waals surface area contributed by atoms with Gasteiger partial charge in [0.2, 0.25) is 5.91 Å². The van der Waals surface area contributed by atoms with Crippen molar-refractivity contribution in [2.75, 3.05) is 11.4 Å². The molecule has 38 heavy (non-hydrogen) atoms. The zero-order valence-corrected chi connectivity index (χ0v) is 22.0. The van der Waals surface area contributed by atoms with Crippen molar-refractivity contribution in [3.8, 4) is 6.07 Å². The van der Waals surface area contributed by atoms with E-state index in [1.165, 1.54) is 5.56 Å². The molecule has 3 heterocycles. The van der Waals surface area contributed by atoms with Gasteiger partial charge in [-0.15, -0.1) is 0 Å². The summed E-state index contributed by atoms with van der Waals surface area (Å²) in [5.41, 5.74) is 5.63. The molecule has 0 radical (unpaired) electrons. The van der Waals surface area contributed by atoms with E-state index in [1.807, 2.05) is 43.1 Å². The van der Waals surface area contributed by atoms with Crippen LogP contribution in [0.1, 0.15) is 83.2 Å². The summed E-state index contributed by atoms with van der Waals surface area (Å²) in [5, 5.41) is 17.1. The Morgan fingerprint density at radius 3 is 2.74 bits per heavy atom. The minimum Gasteiger partial charge on any atom is -0.349 e. The number of piperidine rings is 1. The van der Waals surface area contributed by atoms with E-state index in [9.17, 15) is 14.9 Å². The van der Waals surface area contributed by atoms with Gasteiger partial charge in [-0.05, 0) is 85.8 Å². The summed E-state index contributed by atoms with van der Waals surface area (Å²) in [7, 11) is 0. The number of carbonyl (C=O) groups is 2. The van der Waals surface area contributed by atoms with E-state index in [1.54, 1.807) is 17.1 Å². The van der Waals surface area contributed by atoms with Crippen LogP contribution in [0, 0.1) is 30.1 Å². The first-order chi connectivity index (χ1) is 18.4. The second-order valence-corrected chi connectivity index (χ2v) is 11.1. The molecule has 0 spiro atoms. The monoisotopic (exact) mass is 508 g/mol. The summed E-state index contributed by atoms with van der Waals surface area (Å²) in [4.78, 5) is 31.8. The topological polar surface area (TPSA) is 104 Å². The molecular weight excluding hydrogens is 476 g/mol. The molecule has 6 rings (SSSR count). The predicted molar refractivity (Wildman–Crippen MR) is 143 cm³/mol. The van der Waals surface area contributed by atoms with Gasteiger partial charge in [-0.25, -0.2) is 4.98 Å². The number of fused-ring (bicyclic) bond motifs is 1. The number of rotatable bonds is 7. The second-order valence-electron chi connectivity index (χ2n) is 11.1. The van der Waals surface area contributed by atoms with Crippen LogP contribution in [0.2, 0.25) is 0 Å². The first kappa shape index (κ1) is 24.4. The third-order valence-electron chi connectivity index (χ3n) is 8.60. The zero-order chi connectivity index (χ0) is 26.6. The molecule has 2 aromatic heterocycles. The lowest BCUT2D eigenvalue weighted by Crippen LogP contribution is -2.43. The van der Waals surface area contributed by atoms with E-state index >= 15 is 0 Å². The van der Waals surface area contributed by atoms with Crippen LogP contribution in [-0.4, -0.2) is 39.2 Å². The van der Waals surface area contributed by atoms with Crippen LogP contribution in [0.4, 0.5) is 5.82 Å². The van der Waals surface area contributed by atoms with Crippen LogP contribution in [0.15, 0.2) is 42.9 Å². The molecule has 8 nitrogen and oxygen atoms in total. The SMILES string of the molecule is CCc1ccc(C#N)c(C2CC(NC(=O)c3cnn(C(C)c4cnc(N5C[C@H]6C[C@H]6C5=O)cc4C)c3)C2)c1. The highest BCUT2D eigenvalue weighted by molar-refractivity contribution is 5.99. The summed E-state index contributed by atoms with van der Waals surface area (Å²) in [6.45, 7) is 6.94. The fourth-order valence-corrected chi connectivity index (χ4v) is 5.96. The Morgan fingerprint density at radius 2 is 2.05 bits per heavy atom. The maximum absolute atomic E-state index is 12.9. The number of aryl methyl sites for hydroxylation is 2. The van der Waals surface area contributed by atoms with Crippen LogP contribution in [0.3, 0.4) is 0 Å². The standard InChI is InChI=1S/C30H32N6O2/c1-4-19-5-6-20(12-31)25(8-19)21-9-24(10-21)34-29(37)23-13-33-36(16-23)18(3)27-14-32-28(7-17(27)2)35-15-22-11-26(22)30(35)38/h5-8,13-14,16,18,21-22,24,26H,4,9-11,15H2,1-3H3,(H,34,37)/t18?,21?,22-,24?,26-/m1/s1. The van der Waals surface area contributed by atoms with Crippen molar-refractivity contribution >= 4 is 17.6 Å². The van der Waals surface area contributed by atoms with Gasteiger partial charge in [0.15, 0.2) is 0 Å². The number of pyridine rings is 1. The molecule has 1 aromatic carbocycles. The van der Waals surface area contributed by atoms with Gasteiger partial charge < -0.3 is 5.32 Å². The minimum absolute atomic E-state index is 0.0865. The number of carbonyl (C=O) groups excluding carboxylic acids is 2. The van der Waals surface area contributed by atoms with Crippen molar-refractivity contribution < 1.29 is 9.59 Å². The minimum atomic E-state index is -0.133. The third-order valence-corrected chi connectivity index (χ3v) is 8.60. The molecule has 1 unspecified atom stereocenters. The van der Waals surface area contributed by atoms with Crippen LogP contribution in [0.25, 0.3) is 0 Å². The number of nitrogens with one attached hydrogen (secondary N) is 1. The Morgan fingerprint density at radius 1 is 1.24 bits per heavy atom. The molecule has 8 heteroatoms. The van der Waals surface area contributed by atoms with Crippen LogP contribution in [-0.2, 0) is 11.2 Å². The largest absolute Gasteiger partial charge is 0.349 e. The lowest BCUT2D eigenvalue weighted by Gasteiger charge is -2.36. The van der Waals surface area contributed by atoms with E-state index in [4.69, 9.17) is 0 Å². The maximum atomic E-state index is 12.9. The lowest BCUT2D eigenvalue weighted by atomic mass is 9.74. The molecule has 194 valence electrons. The van der Waals surface area contributed by atoms with Gasteiger partial charge >= 0.3 is 0 Å². The highest BCUT2D eigenvalue weighted by atomic mass is 16.2. The Bertz CT molecular complexity index is 1460. The summed E-state index contributed by atoms with van der Waals surface area (Å²) >= 11 is 0. The molecule has 2 aliphatic carbocycles. The van der Waals surface area contributed by atoms with Crippen molar-refractivity contribution in [1.82, 2.24) is 20.1 Å². The average Bonchev–Trinajstić information content (AvgIpc) is 3.36. The summed E-state index contributed by atoms with van der Waals surface area (Å²) in [5.74, 6) is 1.79. The Labute approximate surface area is 222 Å². The summed E-state index contributed by atoms with van der Waals surface area (Å²) in [6, 6.07) is 10.3. The number of nitrogens with zero attached hydrogens (tertiary/aromatic N) is 5. The van der Waals surface area contributed by atoms with Gasteiger partial charge in [0.25, 0.3) is 5.91 Å². The number of amides is 2. The van der Waals surface area contributed by atoms with E-state index in [-0.39, 0.29) is 29.8 Å². The van der Waals surface area contributed by atoms with Gasteiger partial charge in [-0.1, -0.05) is 19.1 Å². The number of anilines is 1. The normalized spacial score (nSPS) is 24.4. The molecule has 3 atom stereocenters. The first-order valence-corrected chi connectivity index (χ1v) is 13.5. The molecule has 0 bridgehead atoms. The van der Waals surface area contributed by atoms with Crippen molar-refractivity contribution in [3.63, 3.8) is 0 Å². The van der Waals surface area contributed by atoms with Gasteiger partial charge in [0.1, 0.15) is 5.82 Å². The molecule has 1 aliphatic heterocycles. The molecule has 3 aromatic rings. The number of nitriles is 1. The third kappa shape index (κ3) is 4.26. The van der Waals surface area contributed by atoms with Crippen molar-refractivity contribution in [2.24, 2.45) is 11.8 Å². The van der Waals surface area contributed by atoms with Crippen molar-refractivity contribution in [2.45, 2.75) is 64.5 Å². The van der Waals surface area contributed by atoms with Crippen LogP contribution < -0.4 is 10.2 Å². The molecule has 3 fully saturated rings. The van der Waals surface area contributed by atoms with E-state index in [0.29, 0.717) is 17.4 Å². The van der Waals surface area contributed by atoms with Crippen LogP contribution >= 0.6 is 0 Å². The van der Waals surface area contributed by atoms with E-state index in [2.05, 4.69) is 34.5 Å². The predicted octanol–water partition coefficient (Wildman–Crippen LogP) is 4.29. The summed E-state index contributed by atoms with van der Waals surface area (Å²) < 4.78 is 1.79. The fraction of sp³-hybridized carbons (Fsp3) is 0.433. The van der Waals surface area contributed by atoms with Gasteiger partial charge in [-0.3, -0.25) is 19.2 Å². The number of benzene rings is 1. The molecular formula is C30H32N6O2. The number of hydrogen-bond acceptors (Lipinski definition) is 5. The molecule has 3 aliphatic rings. The van der Waals surface area contributed by atoms with E-state index < -0.39 is 0 Å². The first-order valence-electron chi connectivity index (χ1n) is 13.5. The van der Waals surface area contributed by atoms with Crippen molar-refractivity contribution in [1.29, 1.82) is 5.26 Å². The second kappa shape index (κ2) is 9.39. The fourth-order valence-electron chi connectivity index (χ4n) is 5.96. The Hall–Kier alpha value is -3.99. The smallest absolute Gasteiger partial charge is 0.254 e. The average molecular weight is 509 g/mol. The van der Waals surface area contributed by atoms with Gasteiger partial charge in [0.05, 0.1) is 29.4 Å². The van der Waals surface area contributed by atoms with Crippen LogP contribution in [0.5, 0.6) is 0 Å². The van der Waals surface area contributed by atoms with Crippen molar-refractivity contribution in [3.05, 3.63) is 76.2 Å². The van der Waals surface area contributed by atoms with Gasteiger partial charge in [0, 0.05) is 30.9 Å². The maximum Gasteiger partial charge on any atom is 0.254 e. The van der Waals surface area contributed by atoms with Gasteiger partial charge in [-0.2, -0.15) is 10.4 Å². The molecule has 2 saturated carbocycles. The number of hydrogen-bond donors (Lipinski definition) is 1. The molecule has 2 amide bonds. The van der Waals surface area contributed by atoms with E-state index in [0.717, 1.165) is 60.3 Å². The number of aromatic nitrogens is 3.